The van der Waals surface area contributed by atoms with Crippen LogP contribution in [0.2, 0.25) is 0 Å². The van der Waals surface area contributed by atoms with Crippen molar-refractivity contribution < 1.29 is 0 Å². The fourth-order valence-corrected chi connectivity index (χ4v) is 4.72. The van der Waals surface area contributed by atoms with Crippen molar-refractivity contribution in [2.75, 3.05) is 13.6 Å². The molecular formula is C27H36N6. The van der Waals surface area contributed by atoms with E-state index < -0.39 is 0 Å². The number of hydrogen-bond acceptors (Lipinski definition) is 3. The normalized spacial score (nSPS) is 19.5. The summed E-state index contributed by atoms with van der Waals surface area (Å²) in [5.41, 5.74) is 5.89. The van der Waals surface area contributed by atoms with Crippen molar-refractivity contribution in [2.24, 2.45) is 4.99 Å². The molecule has 33 heavy (non-hydrogen) atoms. The van der Waals surface area contributed by atoms with Crippen molar-refractivity contribution in [3.8, 4) is 5.69 Å². The van der Waals surface area contributed by atoms with Gasteiger partial charge >= 0.3 is 0 Å². The van der Waals surface area contributed by atoms with E-state index >= 15 is 0 Å². The van der Waals surface area contributed by atoms with Crippen LogP contribution in [0.3, 0.4) is 0 Å². The molecular weight excluding hydrogens is 408 g/mol. The van der Waals surface area contributed by atoms with E-state index in [1.54, 1.807) is 0 Å². The van der Waals surface area contributed by atoms with Gasteiger partial charge in [0.2, 0.25) is 0 Å². The minimum atomic E-state index is 0.424. The van der Waals surface area contributed by atoms with Crippen molar-refractivity contribution in [3.63, 3.8) is 0 Å². The molecule has 0 spiro atoms. The number of piperidine rings is 1. The maximum Gasteiger partial charge on any atom is 0.191 e. The fraction of sp³-hybridized carbons (Fsp3) is 0.407. The monoisotopic (exact) mass is 444 g/mol. The molecule has 1 fully saturated rings. The summed E-state index contributed by atoms with van der Waals surface area (Å²) in [5, 5.41) is 11.9. The molecule has 1 aromatic heterocycles. The average molecular weight is 445 g/mol. The van der Waals surface area contributed by atoms with Crippen LogP contribution in [-0.4, -0.2) is 46.3 Å². The number of aromatic nitrogens is 2. The second-order valence-electron chi connectivity index (χ2n) is 8.99. The molecule has 6 nitrogen and oxygen atoms in total. The number of guanidine groups is 1. The first kappa shape index (κ1) is 23.1. The molecule has 4 rings (SSSR count). The summed E-state index contributed by atoms with van der Waals surface area (Å²) in [6.07, 6.45) is 2.22. The van der Waals surface area contributed by atoms with E-state index in [4.69, 9.17) is 5.10 Å². The highest BCUT2D eigenvalue weighted by Gasteiger charge is 2.26. The number of aliphatic imine (C=N–C) groups is 1. The minimum absolute atomic E-state index is 0.424. The Balaban J connectivity index is 1.32. The maximum atomic E-state index is 4.76. The van der Waals surface area contributed by atoms with E-state index in [9.17, 15) is 0 Å². The van der Waals surface area contributed by atoms with Crippen molar-refractivity contribution in [3.05, 3.63) is 83.2 Å². The van der Waals surface area contributed by atoms with Gasteiger partial charge in [-0.15, -0.1) is 0 Å². The molecule has 0 saturated carbocycles. The van der Waals surface area contributed by atoms with Crippen molar-refractivity contribution in [2.45, 2.75) is 58.8 Å². The standard InChI is InChI=1S/C27H36N6/c1-20-17-24(15-16-32(20)19-23-11-7-5-8-12-23)30-27(28-4)29-18-26-21(2)31-33(22(26)3)25-13-9-6-10-14-25/h5-14,20,24H,15-19H2,1-4H3,(H2,28,29,30). The Bertz CT molecular complexity index is 1060. The van der Waals surface area contributed by atoms with Gasteiger partial charge in [-0.3, -0.25) is 9.89 Å². The SMILES string of the molecule is CN=C(NCc1c(C)nn(-c2ccccc2)c1C)NC1CCN(Cc2ccccc2)C(C)C1. The number of hydrogen-bond donors (Lipinski definition) is 2. The van der Waals surface area contributed by atoms with E-state index in [0.717, 1.165) is 49.0 Å². The highest BCUT2D eigenvalue weighted by molar-refractivity contribution is 5.80. The molecule has 0 bridgehead atoms. The lowest BCUT2D eigenvalue weighted by Crippen LogP contribution is -2.51. The largest absolute Gasteiger partial charge is 0.354 e. The lowest BCUT2D eigenvalue weighted by molar-refractivity contribution is 0.134. The third kappa shape index (κ3) is 5.63. The molecule has 0 radical (unpaired) electrons. The maximum absolute atomic E-state index is 4.76. The quantitative estimate of drug-likeness (QED) is 0.442. The van der Waals surface area contributed by atoms with Gasteiger partial charge in [0.15, 0.2) is 5.96 Å². The molecule has 1 aliphatic rings. The summed E-state index contributed by atoms with van der Waals surface area (Å²) < 4.78 is 2.02. The molecule has 2 unspecified atom stereocenters. The Morgan fingerprint density at radius 3 is 2.42 bits per heavy atom. The number of rotatable bonds is 6. The summed E-state index contributed by atoms with van der Waals surface area (Å²) >= 11 is 0. The number of likely N-dealkylation sites (tertiary alicyclic amines) is 1. The lowest BCUT2D eigenvalue weighted by Gasteiger charge is -2.38. The van der Waals surface area contributed by atoms with E-state index in [1.165, 1.54) is 11.1 Å². The second-order valence-corrected chi connectivity index (χ2v) is 8.99. The minimum Gasteiger partial charge on any atom is -0.354 e. The first-order chi connectivity index (χ1) is 16.0. The van der Waals surface area contributed by atoms with Gasteiger partial charge in [-0.1, -0.05) is 48.5 Å². The predicted molar refractivity (Wildman–Crippen MR) is 136 cm³/mol. The summed E-state index contributed by atoms with van der Waals surface area (Å²) in [4.78, 5) is 7.06. The zero-order chi connectivity index (χ0) is 23.2. The number of nitrogens with zero attached hydrogens (tertiary/aromatic N) is 4. The van der Waals surface area contributed by atoms with Gasteiger partial charge in [0.05, 0.1) is 11.4 Å². The molecule has 3 aromatic rings. The highest BCUT2D eigenvalue weighted by atomic mass is 15.3. The van der Waals surface area contributed by atoms with Crippen molar-refractivity contribution in [1.82, 2.24) is 25.3 Å². The number of para-hydroxylation sites is 1. The summed E-state index contributed by atoms with van der Waals surface area (Å²) in [5.74, 6) is 0.856. The van der Waals surface area contributed by atoms with Crippen LogP contribution >= 0.6 is 0 Å². The lowest BCUT2D eigenvalue weighted by atomic mass is 9.97. The van der Waals surface area contributed by atoms with Gasteiger partial charge in [0, 0.05) is 50.0 Å². The van der Waals surface area contributed by atoms with Gasteiger partial charge in [-0.25, -0.2) is 4.68 Å². The van der Waals surface area contributed by atoms with E-state index in [1.807, 2.05) is 29.9 Å². The second kappa shape index (κ2) is 10.7. The van der Waals surface area contributed by atoms with Gasteiger partial charge < -0.3 is 10.6 Å². The van der Waals surface area contributed by atoms with Crippen LogP contribution < -0.4 is 10.6 Å². The van der Waals surface area contributed by atoms with Crippen LogP contribution in [0, 0.1) is 13.8 Å². The topological polar surface area (TPSA) is 57.5 Å². The van der Waals surface area contributed by atoms with E-state index in [0.29, 0.717) is 18.6 Å². The molecule has 1 aliphatic heterocycles. The van der Waals surface area contributed by atoms with Crippen LogP contribution in [0.5, 0.6) is 0 Å². The number of benzene rings is 2. The molecule has 6 heteroatoms. The summed E-state index contributed by atoms with van der Waals surface area (Å²) in [6, 6.07) is 22.0. The van der Waals surface area contributed by atoms with E-state index in [-0.39, 0.29) is 0 Å². The van der Waals surface area contributed by atoms with Gasteiger partial charge in [-0.2, -0.15) is 5.10 Å². The Morgan fingerprint density at radius 1 is 1.06 bits per heavy atom. The predicted octanol–water partition coefficient (Wildman–Crippen LogP) is 4.21. The van der Waals surface area contributed by atoms with Gasteiger partial charge in [0.25, 0.3) is 0 Å². The van der Waals surface area contributed by atoms with Crippen LogP contribution in [0.4, 0.5) is 0 Å². The molecule has 174 valence electrons. The van der Waals surface area contributed by atoms with Crippen LogP contribution in [0.1, 0.15) is 42.3 Å². The Hall–Kier alpha value is -3.12. The van der Waals surface area contributed by atoms with Crippen LogP contribution in [-0.2, 0) is 13.1 Å². The third-order valence-corrected chi connectivity index (χ3v) is 6.68. The first-order valence-electron chi connectivity index (χ1n) is 11.9. The zero-order valence-corrected chi connectivity index (χ0v) is 20.3. The third-order valence-electron chi connectivity index (χ3n) is 6.68. The molecule has 2 aromatic carbocycles. The van der Waals surface area contributed by atoms with Gasteiger partial charge in [-0.05, 0) is 51.3 Å². The highest BCUT2D eigenvalue weighted by Crippen LogP contribution is 2.20. The summed E-state index contributed by atoms with van der Waals surface area (Å²) in [6.45, 7) is 9.34. The Labute approximate surface area is 197 Å². The molecule has 2 heterocycles. The van der Waals surface area contributed by atoms with Crippen LogP contribution in [0.25, 0.3) is 5.69 Å². The van der Waals surface area contributed by atoms with Crippen LogP contribution in [0.15, 0.2) is 65.7 Å². The molecule has 0 aliphatic carbocycles. The fourth-order valence-electron chi connectivity index (χ4n) is 4.72. The Morgan fingerprint density at radius 2 is 1.76 bits per heavy atom. The molecule has 0 amide bonds. The van der Waals surface area contributed by atoms with Crippen molar-refractivity contribution in [1.29, 1.82) is 0 Å². The first-order valence-corrected chi connectivity index (χ1v) is 11.9. The zero-order valence-electron chi connectivity index (χ0n) is 20.3. The number of nitrogens with one attached hydrogen (secondary N) is 2. The molecule has 2 N–H and O–H groups in total. The Kier molecular flexibility index (Phi) is 7.45. The number of aryl methyl sites for hydroxylation is 1. The van der Waals surface area contributed by atoms with E-state index in [2.05, 4.69) is 83.8 Å². The molecule has 1 saturated heterocycles. The summed E-state index contributed by atoms with van der Waals surface area (Å²) in [7, 11) is 1.84. The van der Waals surface area contributed by atoms with Crippen molar-refractivity contribution >= 4 is 5.96 Å². The van der Waals surface area contributed by atoms with Gasteiger partial charge in [0.1, 0.15) is 0 Å². The average Bonchev–Trinajstić information content (AvgIpc) is 3.12. The molecule has 2 atom stereocenters. The smallest absolute Gasteiger partial charge is 0.191 e.